The highest BCUT2D eigenvalue weighted by molar-refractivity contribution is 6.02. The molecule has 0 bridgehead atoms. The molecule has 2 aliphatic heterocycles. The second-order valence-electron chi connectivity index (χ2n) is 9.49. The summed E-state index contributed by atoms with van der Waals surface area (Å²) < 4.78 is 0. The van der Waals surface area contributed by atoms with Gasteiger partial charge in [0.15, 0.2) is 0 Å². The predicted molar refractivity (Wildman–Crippen MR) is 117 cm³/mol. The first-order valence-corrected chi connectivity index (χ1v) is 11.5. The van der Waals surface area contributed by atoms with Crippen LogP contribution in [0.25, 0.3) is 0 Å². The monoisotopic (exact) mass is 397 g/mol. The van der Waals surface area contributed by atoms with Gasteiger partial charge in [0.2, 0.25) is 5.91 Å². The molecule has 1 aromatic rings. The van der Waals surface area contributed by atoms with Gasteiger partial charge in [-0.05, 0) is 68.6 Å². The van der Waals surface area contributed by atoms with Crippen LogP contribution in [-0.2, 0) is 4.79 Å². The standard InChI is InChI=1S/C24H35N3O2/c1-17-8-12-26(13-9-17)22-7-6-20(25-23(28)19-4-3-5-19)16-21(22)24(29)27-14-10-18(2)11-15-27/h6-7,16-19H,3-5,8-15H2,1-2H3,(H,25,28). The molecular formula is C24H35N3O2. The van der Waals surface area contributed by atoms with Crippen molar-refractivity contribution in [3.05, 3.63) is 23.8 Å². The molecule has 0 radical (unpaired) electrons. The summed E-state index contributed by atoms with van der Waals surface area (Å²) in [7, 11) is 0. The van der Waals surface area contributed by atoms with Gasteiger partial charge in [0, 0.05) is 43.5 Å². The minimum Gasteiger partial charge on any atom is -0.371 e. The quantitative estimate of drug-likeness (QED) is 0.812. The number of hydrogen-bond acceptors (Lipinski definition) is 3. The first kappa shape index (κ1) is 20.2. The minimum atomic E-state index is 0.0981. The maximum absolute atomic E-state index is 13.5. The lowest BCUT2D eigenvalue weighted by molar-refractivity contribution is -0.122. The molecule has 29 heavy (non-hydrogen) atoms. The Labute approximate surface area is 174 Å². The lowest BCUT2D eigenvalue weighted by Gasteiger charge is -2.35. The van der Waals surface area contributed by atoms with Gasteiger partial charge in [0.05, 0.1) is 5.56 Å². The maximum Gasteiger partial charge on any atom is 0.256 e. The number of likely N-dealkylation sites (tertiary alicyclic amines) is 1. The highest BCUT2D eigenvalue weighted by Crippen LogP contribution is 2.32. The van der Waals surface area contributed by atoms with Crippen molar-refractivity contribution in [2.45, 2.75) is 58.8 Å². The second kappa shape index (κ2) is 8.76. The van der Waals surface area contributed by atoms with Crippen molar-refractivity contribution in [3.8, 4) is 0 Å². The van der Waals surface area contributed by atoms with Crippen molar-refractivity contribution in [3.63, 3.8) is 0 Å². The van der Waals surface area contributed by atoms with E-state index in [4.69, 9.17) is 0 Å². The Morgan fingerprint density at radius 3 is 2.10 bits per heavy atom. The number of piperidine rings is 2. The Morgan fingerprint density at radius 1 is 0.897 bits per heavy atom. The lowest BCUT2D eigenvalue weighted by atomic mass is 9.85. The Kier molecular flexibility index (Phi) is 6.12. The zero-order valence-electron chi connectivity index (χ0n) is 18.0. The normalized spacial score (nSPS) is 21.7. The fourth-order valence-corrected chi connectivity index (χ4v) is 4.61. The SMILES string of the molecule is CC1CCN(C(=O)c2cc(NC(=O)C3CCC3)ccc2N2CCC(C)CC2)CC1. The zero-order valence-corrected chi connectivity index (χ0v) is 18.0. The molecule has 0 aromatic heterocycles. The van der Waals surface area contributed by atoms with Gasteiger partial charge < -0.3 is 15.1 Å². The van der Waals surface area contributed by atoms with Crippen LogP contribution in [0.5, 0.6) is 0 Å². The fourth-order valence-electron chi connectivity index (χ4n) is 4.61. The van der Waals surface area contributed by atoms with E-state index in [0.29, 0.717) is 5.92 Å². The van der Waals surface area contributed by atoms with E-state index in [1.165, 1.54) is 0 Å². The number of benzene rings is 1. The van der Waals surface area contributed by atoms with Gasteiger partial charge in [-0.25, -0.2) is 0 Å². The van der Waals surface area contributed by atoms with E-state index in [1.54, 1.807) is 0 Å². The van der Waals surface area contributed by atoms with E-state index >= 15 is 0 Å². The van der Waals surface area contributed by atoms with Crippen LogP contribution in [0.2, 0.25) is 0 Å². The number of carbonyl (C=O) groups excluding carboxylic acids is 2. The van der Waals surface area contributed by atoms with Crippen LogP contribution in [0.15, 0.2) is 18.2 Å². The predicted octanol–water partition coefficient (Wildman–Crippen LogP) is 4.53. The van der Waals surface area contributed by atoms with Crippen LogP contribution < -0.4 is 10.2 Å². The van der Waals surface area contributed by atoms with Gasteiger partial charge in [-0.2, -0.15) is 0 Å². The summed E-state index contributed by atoms with van der Waals surface area (Å²) in [6.45, 7) is 8.21. The van der Waals surface area contributed by atoms with Crippen molar-refractivity contribution >= 4 is 23.2 Å². The summed E-state index contributed by atoms with van der Waals surface area (Å²) in [5.41, 5.74) is 2.53. The Hall–Kier alpha value is -2.04. The molecule has 2 heterocycles. The molecule has 0 unspecified atom stereocenters. The van der Waals surface area contributed by atoms with Gasteiger partial charge >= 0.3 is 0 Å². The third-order valence-corrected chi connectivity index (χ3v) is 7.17. The van der Waals surface area contributed by atoms with Crippen molar-refractivity contribution in [2.75, 3.05) is 36.4 Å². The van der Waals surface area contributed by atoms with Gasteiger partial charge in [0.1, 0.15) is 0 Å². The summed E-state index contributed by atoms with van der Waals surface area (Å²) in [6.07, 6.45) is 7.56. The van der Waals surface area contributed by atoms with E-state index in [-0.39, 0.29) is 17.7 Å². The molecule has 1 aromatic carbocycles. The van der Waals surface area contributed by atoms with Crippen LogP contribution >= 0.6 is 0 Å². The highest BCUT2D eigenvalue weighted by Gasteiger charge is 2.28. The number of hydrogen-bond donors (Lipinski definition) is 1. The number of nitrogens with zero attached hydrogens (tertiary/aromatic N) is 2. The number of amides is 2. The van der Waals surface area contributed by atoms with Crippen LogP contribution in [0.4, 0.5) is 11.4 Å². The van der Waals surface area contributed by atoms with Gasteiger partial charge in [-0.1, -0.05) is 20.3 Å². The molecule has 1 saturated carbocycles. The molecule has 3 fully saturated rings. The van der Waals surface area contributed by atoms with Crippen molar-refractivity contribution in [2.24, 2.45) is 17.8 Å². The molecule has 5 nitrogen and oxygen atoms in total. The summed E-state index contributed by atoms with van der Waals surface area (Å²) in [5.74, 6) is 1.79. The topological polar surface area (TPSA) is 52.7 Å². The molecule has 0 atom stereocenters. The molecule has 2 saturated heterocycles. The van der Waals surface area contributed by atoms with Crippen LogP contribution in [0, 0.1) is 17.8 Å². The second-order valence-corrected chi connectivity index (χ2v) is 9.49. The number of nitrogens with one attached hydrogen (secondary N) is 1. The maximum atomic E-state index is 13.5. The van der Waals surface area contributed by atoms with E-state index < -0.39 is 0 Å². The summed E-state index contributed by atoms with van der Waals surface area (Å²) >= 11 is 0. The lowest BCUT2D eigenvalue weighted by Crippen LogP contribution is -2.40. The molecule has 4 rings (SSSR count). The number of carbonyl (C=O) groups is 2. The molecule has 158 valence electrons. The number of rotatable bonds is 4. The molecule has 3 aliphatic rings. The van der Waals surface area contributed by atoms with Crippen molar-refractivity contribution in [1.82, 2.24) is 4.90 Å². The smallest absolute Gasteiger partial charge is 0.256 e. The average molecular weight is 398 g/mol. The first-order chi connectivity index (χ1) is 14.0. The van der Waals surface area contributed by atoms with Crippen molar-refractivity contribution < 1.29 is 9.59 Å². The van der Waals surface area contributed by atoms with Gasteiger partial charge in [0.25, 0.3) is 5.91 Å². The van der Waals surface area contributed by atoms with Crippen LogP contribution in [0.3, 0.4) is 0 Å². The van der Waals surface area contributed by atoms with E-state index in [0.717, 1.165) is 94.0 Å². The zero-order chi connectivity index (χ0) is 20.4. The molecule has 0 spiro atoms. The molecular weight excluding hydrogens is 362 g/mol. The fraction of sp³-hybridized carbons (Fsp3) is 0.667. The van der Waals surface area contributed by atoms with Crippen LogP contribution in [0.1, 0.15) is 69.2 Å². The molecule has 5 heteroatoms. The number of anilines is 2. The molecule has 2 amide bonds. The van der Waals surface area contributed by atoms with Crippen LogP contribution in [-0.4, -0.2) is 42.9 Å². The van der Waals surface area contributed by atoms with Crippen molar-refractivity contribution in [1.29, 1.82) is 0 Å². The highest BCUT2D eigenvalue weighted by atomic mass is 16.2. The van der Waals surface area contributed by atoms with Gasteiger partial charge in [-0.15, -0.1) is 0 Å². The average Bonchev–Trinajstić information content (AvgIpc) is 2.67. The van der Waals surface area contributed by atoms with E-state index in [1.807, 2.05) is 23.1 Å². The Bertz CT molecular complexity index is 742. The Morgan fingerprint density at radius 2 is 1.52 bits per heavy atom. The summed E-state index contributed by atoms with van der Waals surface area (Å²) in [5, 5.41) is 3.06. The summed E-state index contributed by atoms with van der Waals surface area (Å²) in [4.78, 5) is 30.2. The van der Waals surface area contributed by atoms with Gasteiger partial charge in [-0.3, -0.25) is 9.59 Å². The Balaban J connectivity index is 1.57. The van der Waals surface area contributed by atoms with E-state index in [2.05, 4.69) is 24.1 Å². The molecule has 1 aliphatic carbocycles. The minimum absolute atomic E-state index is 0.0981. The third-order valence-electron chi connectivity index (χ3n) is 7.17. The van der Waals surface area contributed by atoms with E-state index in [9.17, 15) is 9.59 Å². The molecule has 1 N–H and O–H groups in total. The third kappa shape index (κ3) is 4.59. The largest absolute Gasteiger partial charge is 0.371 e. The summed E-state index contributed by atoms with van der Waals surface area (Å²) in [6, 6.07) is 5.94. The first-order valence-electron chi connectivity index (χ1n) is 11.5.